The molecule has 0 saturated heterocycles. The molecule has 0 bridgehead atoms. The van der Waals surface area contributed by atoms with Gasteiger partial charge in [0.1, 0.15) is 23.5 Å². The van der Waals surface area contributed by atoms with E-state index >= 15 is 0 Å². The van der Waals surface area contributed by atoms with Crippen molar-refractivity contribution in [3.8, 4) is 11.3 Å². The number of Topliss-reactive ketones (excluding diaryl/α,β-unsaturated/α-hetero) is 1. The molecule has 11 heteroatoms. The van der Waals surface area contributed by atoms with Gasteiger partial charge in [0.25, 0.3) is 0 Å². The Hall–Kier alpha value is -4.28. The monoisotopic (exact) mass is 495 g/mol. The number of carbonyl (C=O) groups excluding carboxylic acids is 1. The zero-order chi connectivity index (χ0) is 25.4. The fraction of sp³-hybridized carbons (Fsp3) is 0.200. The van der Waals surface area contributed by atoms with E-state index in [0.29, 0.717) is 28.4 Å². The number of hydrogen-bond acceptors (Lipinski definition) is 7. The molecule has 4 aromatic rings. The van der Waals surface area contributed by atoms with Gasteiger partial charge in [-0.1, -0.05) is 12.1 Å². The zero-order valence-corrected chi connectivity index (χ0v) is 18.8. The van der Waals surface area contributed by atoms with Crippen molar-refractivity contribution in [1.29, 1.82) is 0 Å². The van der Waals surface area contributed by atoms with Crippen LogP contribution in [0.1, 0.15) is 52.3 Å². The van der Waals surface area contributed by atoms with E-state index in [4.69, 9.17) is 4.52 Å². The Labute approximate surface area is 201 Å². The van der Waals surface area contributed by atoms with Crippen LogP contribution in [0.25, 0.3) is 11.3 Å². The number of ketones is 1. The lowest BCUT2D eigenvalue weighted by atomic mass is 9.98. The van der Waals surface area contributed by atoms with E-state index in [0.717, 1.165) is 12.1 Å². The number of carbonyl (C=O) groups is 1. The van der Waals surface area contributed by atoms with Crippen molar-refractivity contribution in [2.24, 2.45) is 4.99 Å². The van der Waals surface area contributed by atoms with Crippen LogP contribution in [-0.2, 0) is 12.6 Å². The molecule has 1 aromatic carbocycles. The molecule has 0 fully saturated rings. The number of hydrogen-bond donors (Lipinski definition) is 0. The van der Waals surface area contributed by atoms with Gasteiger partial charge in [0.15, 0.2) is 5.78 Å². The van der Waals surface area contributed by atoms with Gasteiger partial charge in [-0.2, -0.15) is 17.6 Å². The molecule has 36 heavy (non-hydrogen) atoms. The van der Waals surface area contributed by atoms with Crippen molar-refractivity contribution in [1.82, 2.24) is 20.1 Å². The zero-order valence-electron chi connectivity index (χ0n) is 18.8. The third-order valence-corrected chi connectivity index (χ3v) is 5.81. The largest absolute Gasteiger partial charge is 0.416 e. The lowest BCUT2D eigenvalue weighted by Crippen LogP contribution is -2.08. The van der Waals surface area contributed by atoms with Crippen LogP contribution in [0.5, 0.6) is 0 Å². The number of aromatic nitrogens is 4. The highest BCUT2D eigenvalue weighted by molar-refractivity contribution is 6.05. The van der Waals surface area contributed by atoms with Gasteiger partial charge in [0, 0.05) is 31.0 Å². The summed E-state index contributed by atoms with van der Waals surface area (Å²) in [5, 5.41) is 4.00. The number of fused-ring (bicyclic) bond motifs is 1. The standard InChI is InChI=1S/C25H17F4N5O2/c1-13(7-22(35)21-10-18(31-12-32-21)16-3-2-6-30-24(16)26)23-11-20(34-36-23)19-9-14-8-15(25(27,28)29)4-5-17(14)33-19/h2-6,8,10-13H,7,9H2,1H3/t13-/m0/s1. The normalized spacial score (nSPS) is 13.9. The van der Waals surface area contributed by atoms with Gasteiger partial charge in [0.2, 0.25) is 5.95 Å². The van der Waals surface area contributed by atoms with Crippen molar-refractivity contribution in [3.63, 3.8) is 0 Å². The van der Waals surface area contributed by atoms with Crippen LogP contribution in [0.3, 0.4) is 0 Å². The maximum atomic E-state index is 14.0. The summed E-state index contributed by atoms with van der Waals surface area (Å²) in [7, 11) is 0. The summed E-state index contributed by atoms with van der Waals surface area (Å²) in [6, 6.07) is 9.51. The Morgan fingerprint density at radius 2 is 1.92 bits per heavy atom. The van der Waals surface area contributed by atoms with Crippen molar-refractivity contribution >= 4 is 17.2 Å². The molecule has 1 aliphatic rings. The lowest BCUT2D eigenvalue weighted by molar-refractivity contribution is -0.137. The summed E-state index contributed by atoms with van der Waals surface area (Å²) in [5.74, 6) is -0.975. The molecule has 0 saturated carbocycles. The Kier molecular flexibility index (Phi) is 5.91. The fourth-order valence-corrected chi connectivity index (χ4v) is 3.90. The minimum atomic E-state index is -4.43. The Balaban J connectivity index is 1.28. The smallest absolute Gasteiger partial charge is 0.360 e. The average molecular weight is 495 g/mol. The number of benzene rings is 1. The fourth-order valence-electron chi connectivity index (χ4n) is 3.90. The molecule has 0 radical (unpaired) electrons. The maximum absolute atomic E-state index is 14.0. The lowest BCUT2D eigenvalue weighted by Gasteiger charge is -2.07. The number of pyridine rings is 1. The quantitative estimate of drug-likeness (QED) is 0.192. The summed E-state index contributed by atoms with van der Waals surface area (Å²) in [5.41, 5.74) is 1.56. The van der Waals surface area contributed by atoms with E-state index < -0.39 is 17.7 Å². The molecule has 3 aromatic heterocycles. The predicted octanol–water partition coefficient (Wildman–Crippen LogP) is 5.74. The second kappa shape index (κ2) is 9.06. The summed E-state index contributed by atoms with van der Waals surface area (Å²) in [6.45, 7) is 1.77. The summed E-state index contributed by atoms with van der Waals surface area (Å²) < 4.78 is 58.4. The van der Waals surface area contributed by atoms with Crippen molar-refractivity contribution in [2.45, 2.75) is 31.9 Å². The van der Waals surface area contributed by atoms with Crippen molar-refractivity contribution in [2.75, 3.05) is 0 Å². The van der Waals surface area contributed by atoms with E-state index in [1.54, 1.807) is 19.1 Å². The highest BCUT2D eigenvalue weighted by Gasteiger charge is 2.32. The minimum Gasteiger partial charge on any atom is -0.360 e. The topological polar surface area (TPSA) is 94.1 Å². The highest BCUT2D eigenvalue weighted by atomic mass is 19.4. The van der Waals surface area contributed by atoms with E-state index in [-0.39, 0.29) is 41.5 Å². The van der Waals surface area contributed by atoms with E-state index in [2.05, 4.69) is 25.1 Å². The van der Waals surface area contributed by atoms with E-state index in [9.17, 15) is 22.4 Å². The van der Waals surface area contributed by atoms with Crippen LogP contribution in [0.2, 0.25) is 0 Å². The molecule has 7 nitrogen and oxygen atoms in total. The number of halogens is 4. The van der Waals surface area contributed by atoms with Gasteiger partial charge in [-0.3, -0.25) is 9.79 Å². The van der Waals surface area contributed by atoms with Gasteiger partial charge in [-0.05, 0) is 42.0 Å². The number of nitrogens with zero attached hydrogens (tertiary/aromatic N) is 5. The average Bonchev–Trinajstić information content (AvgIpc) is 3.51. The molecule has 0 unspecified atom stereocenters. The first-order valence-electron chi connectivity index (χ1n) is 10.9. The second-order valence-corrected chi connectivity index (χ2v) is 8.35. The molecule has 0 aliphatic carbocycles. The molecule has 1 aliphatic heterocycles. The molecular formula is C25H17F4N5O2. The second-order valence-electron chi connectivity index (χ2n) is 8.35. The van der Waals surface area contributed by atoms with Crippen LogP contribution >= 0.6 is 0 Å². The van der Waals surface area contributed by atoms with E-state index in [1.165, 1.54) is 30.7 Å². The maximum Gasteiger partial charge on any atom is 0.416 e. The van der Waals surface area contributed by atoms with Crippen LogP contribution < -0.4 is 0 Å². The van der Waals surface area contributed by atoms with Crippen LogP contribution in [-0.4, -0.2) is 31.6 Å². The highest BCUT2D eigenvalue weighted by Crippen LogP contribution is 2.36. The molecule has 5 rings (SSSR count). The first kappa shape index (κ1) is 23.5. The van der Waals surface area contributed by atoms with Crippen molar-refractivity contribution < 1.29 is 26.9 Å². The third kappa shape index (κ3) is 4.64. The molecule has 4 heterocycles. The molecular weight excluding hydrogens is 478 g/mol. The number of rotatable bonds is 6. The summed E-state index contributed by atoms with van der Waals surface area (Å²) in [4.78, 5) is 28.8. The number of alkyl halides is 3. The Bertz CT molecular complexity index is 1500. The number of aliphatic imine (C=N–C) groups is 1. The van der Waals surface area contributed by atoms with Crippen molar-refractivity contribution in [3.05, 3.63) is 89.2 Å². The van der Waals surface area contributed by atoms with Gasteiger partial charge in [0.05, 0.1) is 28.2 Å². The molecule has 0 amide bonds. The summed E-state index contributed by atoms with van der Waals surface area (Å²) >= 11 is 0. The summed E-state index contributed by atoms with van der Waals surface area (Å²) in [6.07, 6.45) is -1.71. The molecule has 182 valence electrons. The van der Waals surface area contributed by atoms with Crippen LogP contribution in [0.15, 0.2) is 64.5 Å². The van der Waals surface area contributed by atoms with Gasteiger partial charge >= 0.3 is 6.18 Å². The van der Waals surface area contributed by atoms with Gasteiger partial charge in [-0.25, -0.2) is 15.0 Å². The molecule has 0 N–H and O–H groups in total. The Morgan fingerprint density at radius 1 is 1.08 bits per heavy atom. The van der Waals surface area contributed by atoms with Gasteiger partial charge in [-0.15, -0.1) is 0 Å². The van der Waals surface area contributed by atoms with E-state index in [1.807, 2.05) is 0 Å². The van der Waals surface area contributed by atoms with Gasteiger partial charge < -0.3 is 4.52 Å². The molecule has 0 spiro atoms. The molecule has 1 atom stereocenters. The first-order chi connectivity index (χ1) is 17.2. The van der Waals surface area contributed by atoms with Crippen LogP contribution in [0, 0.1) is 5.95 Å². The Morgan fingerprint density at radius 3 is 2.69 bits per heavy atom. The first-order valence-corrected chi connectivity index (χ1v) is 10.9. The predicted molar refractivity (Wildman–Crippen MR) is 120 cm³/mol. The SMILES string of the molecule is C[C@@H](CC(=O)c1cc(-c2cccnc2F)ncn1)c1cc(C2=Nc3ccc(C(F)(F)F)cc3C2)no1. The third-order valence-electron chi connectivity index (χ3n) is 5.81. The minimum absolute atomic E-state index is 0.0300. The van der Waals surface area contributed by atoms with Crippen LogP contribution in [0.4, 0.5) is 23.2 Å².